The number of rotatable bonds is 5. The monoisotopic (exact) mass is 285 g/mol. The molecule has 0 amide bonds. The molecule has 104 valence electrons. The van der Waals surface area contributed by atoms with Crippen molar-refractivity contribution in [3.63, 3.8) is 0 Å². The molecule has 2 rings (SSSR count). The molecule has 0 aromatic heterocycles. The first kappa shape index (κ1) is 13.8. The number of ketones is 1. The van der Waals surface area contributed by atoms with Gasteiger partial charge < -0.3 is 15.2 Å². The van der Waals surface area contributed by atoms with Gasteiger partial charge in [0.25, 0.3) is 0 Å². The smallest absolute Gasteiger partial charge is 0.176 e. The van der Waals surface area contributed by atoms with Crippen molar-refractivity contribution < 1.29 is 22.7 Å². The topological polar surface area (TPSA) is 95.7 Å². The van der Waals surface area contributed by atoms with Crippen molar-refractivity contribution in [1.82, 2.24) is 0 Å². The Balaban J connectivity index is 2.15. The number of nitrogens with two attached hydrogens (primary N) is 1. The summed E-state index contributed by atoms with van der Waals surface area (Å²) in [7, 11) is -1.48. The molecule has 0 radical (unpaired) electrons. The standard InChI is InChI=1S/C12H15NO5S/c1-17-12-4-8(10(14)5-13)2-3-11(12)18-9-6-19(15,16)7-9/h2-4,9H,5-7,13H2,1H3. The van der Waals surface area contributed by atoms with Crippen molar-refractivity contribution >= 4 is 15.6 Å². The molecular weight excluding hydrogens is 270 g/mol. The minimum absolute atomic E-state index is 0.0135. The molecule has 0 bridgehead atoms. The Bertz CT molecular complexity index is 584. The highest BCUT2D eigenvalue weighted by Crippen LogP contribution is 2.31. The van der Waals surface area contributed by atoms with Crippen LogP contribution in [0.2, 0.25) is 0 Å². The summed E-state index contributed by atoms with van der Waals surface area (Å²) in [6.45, 7) is -0.0791. The van der Waals surface area contributed by atoms with Crippen LogP contribution in [0.15, 0.2) is 18.2 Å². The van der Waals surface area contributed by atoms with Gasteiger partial charge in [-0.3, -0.25) is 4.79 Å². The van der Waals surface area contributed by atoms with Crippen molar-refractivity contribution in [2.75, 3.05) is 25.2 Å². The van der Waals surface area contributed by atoms with E-state index in [9.17, 15) is 13.2 Å². The van der Waals surface area contributed by atoms with E-state index in [2.05, 4.69) is 0 Å². The minimum atomic E-state index is -2.93. The highest BCUT2D eigenvalue weighted by atomic mass is 32.2. The average Bonchev–Trinajstić information content (AvgIpc) is 2.36. The Hall–Kier alpha value is -1.60. The molecule has 1 heterocycles. The molecule has 1 aromatic rings. The zero-order chi connectivity index (χ0) is 14.0. The Morgan fingerprint density at radius 2 is 2.05 bits per heavy atom. The molecule has 0 spiro atoms. The van der Waals surface area contributed by atoms with Crippen LogP contribution in [0.1, 0.15) is 10.4 Å². The summed E-state index contributed by atoms with van der Waals surface area (Å²) >= 11 is 0. The van der Waals surface area contributed by atoms with E-state index in [1.165, 1.54) is 13.2 Å². The lowest BCUT2D eigenvalue weighted by atomic mass is 10.1. The molecule has 6 nitrogen and oxygen atoms in total. The summed E-state index contributed by atoms with van der Waals surface area (Å²) in [5.74, 6) is 0.648. The Labute approximate surface area is 111 Å². The number of ether oxygens (including phenoxy) is 2. The highest BCUT2D eigenvalue weighted by molar-refractivity contribution is 7.92. The molecule has 0 unspecified atom stereocenters. The van der Waals surface area contributed by atoms with E-state index in [0.717, 1.165) is 0 Å². The van der Waals surface area contributed by atoms with Crippen molar-refractivity contribution in [2.45, 2.75) is 6.10 Å². The molecule has 1 fully saturated rings. The Morgan fingerprint density at radius 3 is 2.58 bits per heavy atom. The fourth-order valence-corrected chi connectivity index (χ4v) is 2.99. The van der Waals surface area contributed by atoms with Gasteiger partial charge in [0.1, 0.15) is 6.10 Å². The lowest BCUT2D eigenvalue weighted by Crippen LogP contribution is -2.45. The third-order valence-corrected chi connectivity index (χ3v) is 4.60. The zero-order valence-corrected chi connectivity index (χ0v) is 11.3. The number of methoxy groups -OCH3 is 1. The molecule has 0 saturated carbocycles. The van der Waals surface area contributed by atoms with Gasteiger partial charge in [0.2, 0.25) is 0 Å². The minimum Gasteiger partial charge on any atom is -0.493 e. The number of benzene rings is 1. The summed E-state index contributed by atoms with van der Waals surface area (Å²) < 4.78 is 32.8. The van der Waals surface area contributed by atoms with Crippen LogP contribution in [0.25, 0.3) is 0 Å². The first-order valence-electron chi connectivity index (χ1n) is 5.73. The summed E-state index contributed by atoms with van der Waals surface area (Å²) in [6.07, 6.45) is -0.352. The van der Waals surface area contributed by atoms with Crippen molar-refractivity contribution in [3.8, 4) is 11.5 Å². The summed E-state index contributed by atoms with van der Waals surface area (Å²) in [5.41, 5.74) is 5.72. The van der Waals surface area contributed by atoms with Gasteiger partial charge >= 0.3 is 0 Å². The molecule has 1 aliphatic heterocycles. The fourth-order valence-electron chi connectivity index (χ4n) is 1.82. The zero-order valence-electron chi connectivity index (χ0n) is 10.5. The second kappa shape index (κ2) is 5.18. The maximum Gasteiger partial charge on any atom is 0.176 e. The molecular formula is C12H15NO5S. The van der Waals surface area contributed by atoms with Crippen LogP contribution < -0.4 is 15.2 Å². The van der Waals surface area contributed by atoms with Crippen molar-refractivity contribution in [1.29, 1.82) is 0 Å². The van der Waals surface area contributed by atoms with E-state index in [0.29, 0.717) is 17.1 Å². The lowest BCUT2D eigenvalue weighted by Gasteiger charge is -2.27. The predicted octanol–water partition coefficient (Wildman–Crippen LogP) is 0.0124. The summed E-state index contributed by atoms with van der Waals surface area (Å²) in [5, 5.41) is 0. The van der Waals surface area contributed by atoms with Crippen LogP contribution in [0.3, 0.4) is 0 Å². The molecule has 7 heteroatoms. The Morgan fingerprint density at radius 1 is 1.37 bits per heavy atom. The van der Waals surface area contributed by atoms with E-state index in [4.69, 9.17) is 15.2 Å². The van der Waals surface area contributed by atoms with Crippen LogP contribution in [0, 0.1) is 0 Å². The summed E-state index contributed by atoms with van der Waals surface area (Å²) in [4.78, 5) is 11.5. The second-order valence-electron chi connectivity index (χ2n) is 4.31. The van der Waals surface area contributed by atoms with Crippen LogP contribution in [0.5, 0.6) is 11.5 Å². The van der Waals surface area contributed by atoms with Crippen molar-refractivity contribution in [3.05, 3.63) is 23.8 Å². The number of hydrogen-bond donors (Lipinski definition) is 1. The van der Waals surface area contributed by atoms with Crippen LogP contribution in [-0.4, -0.2) is 45.5 Å². The van der Waals surface area contributed by atoms with E-state index < -0.39 is 9.84 Å². The maximum absolute atomic E-state index is 11.5. The van der Waals surface area contributed by atoms with Crippen LogP contribution in [-0.2, 0) is 9.84 Å². The molecule has 1 aromatic carbocycles. The van der Waals surface area contributed by atoms with Gasteiger partial charge in [-0.2, -0.15) is 0 Å². The van der Waals surface area contributed by atoms with Gasteiger partial charge in [-0.25, -0.2) is 8.42 Å². The number of sulfone groups is 1. The van der Waals surface area contributed by atoms with Gasteiger partial charge in [-0.1, -0.05) is 0 Å². The number of carbonyl (C=O) groups excluding carboxylic acids is 1. The number of Topliss-reactive ketones (excluding diaryl/α,β-unsaturated/α-hetero) is 1. The van der Waals surface area contributed by atoms with Crippen LogP contribution >= 0.6 is 0 Å². The van der Waals surface area contributed by atoms with Gasteiger partial charge in [0.15, 0.2) is 27.1 Å². The highest BCUT2D eigenvalue weighted by Gasteiger charge is 2.35. The molecule has 2 N–H and O–H groups in total. The van der Waals surface area contributed by atoms with E-state index in [1.54, 1.807) is 12.1 Å². The van der Waals surface area contributed by atoms with Gasteiger partial charge in [-0.15, -0.1) is 0 Å². The van der Waals surface area contributed by atoms with E-state index >= 15 is 0 Å². The predicted molar refractivity (Wildman–Crippen MR) is 69.4 cm³/mol. The molecule has 1 saturated heterocycles. The second-order valence-corrected chi connectivity index (χ2v) is 6.46. The number of hydrogen-bond acceptors (Lipinski definition) is 6. The first-order chi connectivity index (χ1) is 8.95. The third kappa shape index (κ3) is 3.05. The largest absolute Gasteiger partial charge is 0.493 e. The molecule has 0 aliphatic carbocycles. The maximum atomic E-state index is 11.5. The number of carbonyl (C=O) groups is 1. The third-order valence-electron chi connectivity index (χ3n) is 2.84. The van der Waals surface area contributed by atoms with E-state index in [1.807, 2.05) is 0 Å². The van der Waals surface area contributed by atoms with E-state index in [-0.39, 0.29) is 29.9 Å². The fraction of sp³-hybridized carbons (Fsp3) is 0.417. The molecule has 0 atom stereocenters. The normalized spacial score (nSPS) is 17.6. The quantitative estimate of drug-likeness (QED) is 0.766. The van der Waals surface area contributed by atoms with Gasteiger partial charge in [0, 0.05) is 5.56 Å². The Kier molecular flexibility index (Phi) is 3.77. The molecule has 1 aliphatic rings. The average molecular weight is 285 g/mol. The first-order valence-corrected chi connectivity index (χ1v) is 7.55. The van der Waals surface area contributed by atoms with Crippen LogP contribution in [0.4, 0.5) is 0 Å². The van der Waals surface area contributed by atoms with Crippen molar-refractivity contribution in [2.24, 2.45) is 5.73 Å². The molecule has 19 heavy (non-hydrogen) atoms. The summed E-state index contributed by atoms with van der Waals surface area (Å²) in [6, 6.07) is 4.71. The van der Waals surface area contributed by atoms with Gasteiger partial charge in [-0.05, 0) is 18.2 Å². The van der Waals surface area contributed by atoms with Gasteiger partial charge in [0.05, 0.1) is 25.2 Å². The SMILES string of the molecule is COc1cc(C(=O)CN)ccc1OC1CS(=O)(=O)C1. The lowest BCUT2D eigenvalue weighted by molar-refractivity contribution is 0.100.